The minimum absolute atomic E-state index is 0.0266. The Labute approximate surface area is 97.5 Å². The Balaban J connectivity index is 2.50. The molecule has 0 aliphatic carbocycles. The van der Waals surface area contributed by atoms with Crippen molar-refractivity contribution >= 4 is 34.2 Å². The van der Waals surface area contributed by atoms with Gasteiger partial charge in [-0.15, -0.1) is 0 Å². The predicted molar refractivity (Wildman–Crippen MR) is 67.5 cm³/mol. The van der Waals surface area contributed by atoms with Gasteiger partial charge in [0.1, 0.15) is 0 Å². The van der Waals surface area contributed by atoms with Crippen molar-refractivity contribution in [2.45, 2.75) is 13.3 Å². The molecule has 0 atom stereocenters. The maximum absolute atomic E-state index is 11.4. The summed E-state index contributed by atoms with van der Waals surface area (Å²) in [6, 6.07) is 9.47. The zero-order valence-corrected chi connectivity index (χ0v) is 10.1. The average Bonchev–Trinajstić information content (AvgIpc) is 2.19. The number of halogens is 1. The highest BCUT2D eigenvalue weighted by atomic mass is 127. The highest BCUT2D eigenvalue weighted by molar-refractivity contribution is 14.1. The lowest BCUT2D eigenvalue weighted by Gasteiger charge is -2.03. The first-order chi connectivity index (χ1) is 6.72. The van der Waals surface area contributed by atoms with Crippen LogP contribution < -0.4 is 5.32 Å². The molecule has 0 aromatic heterocycles. The standard InChI is InChI=1S/C11H12INO/c1-2-9(12)8-11(14)13-10-6-4-3-5-7-10/h2-7H,8H2,1H3,(H,13,14)/b9-2-. The van der Waals surface area contributed by atoms with Gasteiger partial charge in [0, 0.05) is 5.69 Å². The van der Waals surface area contributed by atoms with Crippen molar-refractivity contribution < 1.29 is 4.79 Å². The molecular weight excluding hydrogens is 289 g/mol. The molecule has 74 valence electrons. The Morgan fingerprint density at radius 3 is 2.64 bits per heavy atom. The molecule has 0 saturated carbocycles. The van der Waals surface area contributed by atoms with Crippen LogP contribution in [0.3, 0.4) is 0 Å². The fourth-order valence-corrected chi connectivity index (χ4v) is 1.33. The largest absolute Gasteiger partial charge is 0.326 e. The topological polar surface area (TPSA) is 29.1 Å². The number of benzene rings is 1. The Kier molecular flexibility index (Phi) is 4.65. The second kappa shape index (κ2) is 5.80. The smallest absolute Gasteiger partial charge is 0.229 e. The van der Waals surface area contributed by atoms with E-state index in [0.717, 1.165) is 9.27 Å². The van der Waals surface area contributed by atoms with Gasteiger partial charge < -0.3 is 5.32 Å². The molecule has 0 spiro atoms. The van der Waals surface area contributed by atoms with Gasteiger partial charge in [0.2, 0.25) is 5.91 Å². The summed E-state index contributed by atoms with van der Waals surface area (Å²) in [6.45, 7) is 1.93. The van der Waals surface area contributed by atoms with Gasteiger partial charge in [-0.25, -0.2) is 0 Å². The van der Waals surface area contributed by atoms with Crippen LogP contribution in [0.2, 0.25) is 0 Å². The van der Waals surface area contributed by atoms with Crippen LogP contribution >= 0.6 is 22.6 Å². The van der Waals surface area contributed by atoms with Gasteiger partial charge in [-0.3, -0.25) is 4.79 Å². The van der Waals surface area contributed by atoms with Gasteiger partial charge in [-0.2, -0.15) is 0 Å². The third-order valence-corrected chi connectivity index (χ3v) is 2.70. The Hall–Kier alpha value is -0.840. The number of anilines is 1. The third kappa shape index (κ3) is 3.91. The molecule has 0 radical (unpaired) electrons. The molecule has 14 heavy (non-hydrogen) atoms. The molecule has 0 unspecified atom stereocenters. The van der Waals surface area contributed by atoms with Crippen LogP contribution in [-0.2, 0) is 4.79 Å². The summed E-state index contributed by atoms with van der Waals surface area (Å²) in [6.07, 6.45) is 2.39. The molecule has 1 aromatic rings. The first-order valence-corrected chi connectivity index (χ1v) is 5.46. The normalized spacial score (nSPS) is 11.1. The first kappa shape index (κ1) is 11.2. The maximum atomic E-state index is 11.4. The number of allylic oxidation sites excluding steroid dienone is 1. The monoisotopic (exact) mass is 301 g/mol. The van der Waals surface area contributed by atoms with Crippen molar-refractivity contribution in [3.8, 4) is 0 Å². The quantitative estimate of drug-likeness (QED) is 0.852. The lowest BCUT2D eigenvalue weighted by molar-refractivity contribution is -0.115. The molecule has 1 amide bonds. The number of carbonyl (C=O) groups is 1. The first-order valence-electron chi connectivity index (χ1n) is 4.38. The van der Waals surface area contributed by atoms with Crippen molar-refractivity contribution in [1.82, 2.24) is 0 Å². The number of rotatable bonds is 3. The Morgan fingerprint density at radius 2 is 2.07 bits per heavy atom. The Bertz CT molecular complexity index is 332. The summed E-state index contributed by atoms with van der Waals surface area (Å²) in [5, 5.41) is 2.82. The van der Waals surface area contributed by atoms with Crippen LogP contribution in [0.15, 0.2) is 40.0 Å². The van der Waals surface area contributed by atoms with E-state index < -0.39 is 0 Å². The molecule has 0 fully saturated rings. The molecule has 1 aromatic carbocycles. The van der Waals surface area contributed by atoms with Gasteiger partial charge in [-0.1, -0.05) is 24.3 Å². The number of amides is 1. The van der Waals surface area contributed by atoms with Crippen LogP contribution in [0, 0.1) is 0 Å². The van der Waals surface area contributed by atoms with Crippen molar-refractivity contribution in [3.63, 3.8) is 0 Å². The molecule has 0 heterocycles. The van der Waals surface area contributed by atoms with E-state index in [1.54, 1.807) is 0 Å². The van der Waals surface area contributed by atoms with Crippen molar-refractivity contribution in [1.29, 1.82) is 0 Å². The Morgan fingerprint density at radius 1 is 1.43 bits per heavy atom. The van der Waals surface area contributed by atoms with Crippen molar-refractivity contribution in [3.05, 3.63) is 40.0 Å². The predicted octanol–water partition coefficient (Wildman–Crippen LogP) is 3.35. The van der Waals surface area contributed by atoms with E-state index in [2.05, 4.69) is 27.9 Å². The summed E-state index contributed by atoms with van der Waals surface area (Å²) in [5.74, 6) is 0.0266. The van der Waals surface area contributed by atoms with E-state index in [1.807, 2.05) is 43.3 Å². The second-order valence-electron chi connectivity index (χ2n) is 2.83. The molecule has 3 heteroatoms. The van der Waals surface area contributed by atoms with E-state index in [-0.39, 0.29) is 5.91 Å². The minimum atomic E-state index is 0.0266. The average molecular weight is 301 g/mol. The fraction of sp³-hybridized carbons (Fsp3) is 0.182. The number of carbonyl (C=O) groups excluding carboxylic acids is 1. The fourth-order valence-electron chi connectivity index (χ4n) is 0.982. The SMILES string of the molecule is C/C=C(\I)CC(=O)Nc1ccccc1. The lowest BCUT2D eigenvalue weighted by Crippen LogP contribution is -2.10. The number of nitrogens with one attached hydrogen (secondary N) is 1. The zero-order chi connectivity index (χ0) is 10.4. The van der Waals surface area contributed by atoms with Gasteiger partial charge in [0.15, 0.2) is 0 Å². The summed E-state index contributed by atoms with van der Waals surface area (Å²) in [4.78, 5) is 11.4. The lowest BCUT2D eigenvalue weighted by atomic mass is 10.3. The van der Waals surface area contributed by atoms with E-state index in [0.29, 0.717) is 6.42 Å². The van der Waals surface area contributed by atoms with E-state index in [4.69, 9.17) is 0 Å². The molecule has 1 N–H and O–H groups in total. The zero-order valence-electron chi connectivity index (χ0n) is 7.96. The summed E-state index contributed by atoms with van der Waals surface area (Å²) in [5.41, 5.74) is 0.845. The van der Waals surface area contributed by atoms with Gasteiger partial charge in [0.05, 0.1) is 6.42 Å². The number of hydrogen-bond acceptors (Lipinski definition) is 1. The van der Waals surface area contributed by atoms with Crippen LogP contribution in [0.4, 0.5) is 5.69 Å². The molecule has 1 rings (SSSR count). The maximum Gasteiger partial charge on any atom is 0.229 e. The highest BCUT2D eigenvalue weighted by Gasteiger charge is 2.02. The van der Waals surface area contributed by atoms with E-state index in [9.17, 15) is 4.79 Å². The molecule has 0 aliphatic rings. The highest BCUT2D eigenvalue weighted by Crippen LogP contribution is 2.12. The third-order valence-electron chi connectivity index (χ3n) is 1.70. The van der Waals surface area contributed by atoms with Gasteiger partial charge in [-0.05, 0) is 45.2 Å². The van der Waals surface area contributed by atoms with Crippen molar-refractivity contribution in [2.75, 3.05) is 5.32 Å². The number of para-hydroxylation sites is 1. The van der Waals surface area contributed by atoms with Gasteiger partial charge in [0.25, 0.3) is 0 Å². The molecular formula is C11H12INO. The van der Waals surface area contributed by atoms with Gasteiger partial charge >= 0.3 is 0 Å². The summed E-state index contributed by atoms with van der Waals surface area (Å²) in [7, 11) is 0. The van der Waals surface area contributed by atoms with Crippen molar-refractivity contribution in [2.24, 2.45) is 0 Å². The van der Waals surface area contributed by atoms with Crippen LogP contribution in [0.1, 0.15) is 13.3 Å². The van der Waals surface area contributed by atoms with E-state index in [1.165, 1.54) is 0 Å². The molecule has 0 bridgehead atoms. The van der Waals surface area contributed by atoms with Crippen LogP contribution in [-0.4, -0.2) is 5.91 Å². The number of hydrogen-bond donors (Lipinski definition) is 1. The molecule has 0 aliphatic heterocycles. The van der Waals surface area contributed by atoms with Crippen LogP contribution in [0.5, 0.6) is 0 Å². The summed E-state index contributed by atoms with van der Waals surface area (Å²) >= 11 is 2.16. The molecule has 2 nitrogen and oxygen atoms in total. The summed E-state index contributed by atoms with van der Waals surface area (Å²) < 4.78 is 1.05. The minimum Gasteiger partial charge on any atom is -0.326 e. The van der Waals surface area contributed by atoms with E-state index >= 15 is 0 Å². The molecule has 0 saturated heterocycles. The second-order valence-corrected chi connectivity index (χ2v) is 4.21. The van der Waals surface area contributed by atoms with Crippen LogP contribution in [0.25, 0.3) is 0 Å².